The predicted octanol–water partition coefficient (Wildman–Crippen LogP) is 3.65. The van der Waals surface area contributed by atoms with Gasteiger partial charge in [-0.3, -0.25) is 4.98 Å². The van der Waals surface area contributed by atoms with Crippen molar-refractivity contribution in [1.29, 1.82) is 0 Å². The lowest BCUT2D eigenvalue weighted by Gasteiger charge is -2.07. The van der Waals surface area contributed by atoms with Crippen molar-refractivity contribution < 1.29 is 4.74 Å². The highest BCUT2D eigenvalue weighted by atomic mass is 79.9. The minimum Gasteiger partial charge on any atom is -0.437 e. The van der Waals surface area contributed by atoms with Crippen molar-refractivity contribution in [3.8, 4) is 11.6 Å². The summed E-state index contributed by atoms with van der Waals surface area (Å²) in [6.45, 7) is 3.76. The fourth-order valence-electron chi connectivity index (χ4n) is 1.25. The van der Waals surface area contributed by atoms with E-state index in [0.29, 0.717) is 5.88 Å². The summed E-state index contributed by atoms with van der Waals surface area (Å²) in [7, 11) is 0. The van der Waals surface area contributed by atoms with Gasteiger partial charge in [0.05, 0.1) is 11.4 Å². The van der Waals surface area contributed by atoms with Gasteiger partial charge in [-0.15, -0.1) is 0 Å². The van der Waals surface area contributed by atoms with Gasteiger partial charge in [-0.25, -0.2) is 4.98 Å². The Morgan fingerprint density at radius 3 is 2.81 bits per heavy atom. The van der Waals surface area contributed by atoms with Crippen molar-refractivity contribution in [3.05, 3.63) is 46.3 Å². The quantitative estimate of drug-likeness (QED) is 0.841. The van der Waals surface area contributed by atoms with Crippen molar-refractivity contribution in [2.24, 2.45) is 0 Å². The molecule has 0 amide bonds. The first-order valence-electron chi connectivity index (χ1n) is 4.89. The molecule has 0 fully saturated rings. The van der Waals surface area contributed by atoms with Crippen molar-refractivity contribution in [2.75, 3.05) is 0 Å². The van der Waals surface area contributed by atoms with Crippen LogP contribution in [-0.4, -0.2) is 9.97 Å². The van der Waals surface area contributed by atoms with Crippen molar-refractivity contribution in [3.63, 3.8) is 0 Å². The van der Waals surface area contributed by atoms with Crippen LogP contribution in [0.15, 0.2) is 34.9 Å². The largest absolute Gasteiger partial charge is 0.437 e. The van der Waals surface area contributed by atoms with Crippen LogP contribution in [0.25, 0.3) is 0 Å². The van der Waals surface area contributed by atoms with E-state index in [2.05, 4.69) is 25.9 Å². The molecule has 0 saturated heterocycles. The first kappa shape index (κ1) is 11.1. The van der Waals surface area contributed by atoms with E-state index in [1.807, 2.05) is 38.1 Å². The van der Waals surface area contributed by atoms with Crippen LogP contribution in [0, 0.1) is 13.8 Å². The van der Waals surface area contributed by atoms with Gasteiger partial charge in [0.1, 0.15) is 5.75 Å². The lowest BCUT2D eigenvalue weighted by Crippen LogP contribution is -1.95. The van der Waals surface area contributed by atoms with E-state index in [1.165, 1.54) is 0 Å². The third kappa shape index (κ3) is 2.58. The van der Waals surface area contributed by atoms with E-state index >= 15 is 0 Å². The first-order valence-corrected chi connectivity index (χ1v) is 5.68. The second-order valence-corrected chi connectivity index (χ2v) is 4.38. The van der Waals surface area contributed by atoms with E-state index in [1.54, 1.807) is 6.20 Å². The van der Waals surface area contributed by atoms with E-state index in [0.717, 1.165) is 21.6 Å². The Bertz CT molecular complexity index is 514. The SMILES string of the molecule is Cc1cnc(C)c(Oc2cccc(Br)c2)n1. The highest BCUT2D eigenvalue weighted by Gasteiger charge is 2.04. The van der Waals surface area contributed by atoms with Crippen molar-refractivity contribution in [1.82, 2.24) is 9.97 Å². The zero-order chi connectivity index (χ0) is 11.5. The Labute approximate surface area is 103 Å². The molecule has 2 aromatic rings. The fraction of sp³-hybridized carbons (Fsp3) is 0.167. The maximum Gasteiger partial charge on any atom is 0.241 e. The number of aromatic nitrogens is 2. The van der Waals surface area contributed by atoms with Gasteiger partial charge in [0.15, 0.2) is 0 Å². The molecule has 1 aromatic heterocycles. The van der Waals surface area contributed by atoms with Crippen LogP contribution >= 0.6 is 15.9 Å². The molecule has 16 heavy (non-hydrogen) atoms. The summed E-state index contributed by atoms with van der Waals surface area (Å²) < 4.78 is 6.64. The lowest BCUT2D eigenvalue weighted by atomic mass is 10.3. The molecule has 1 aromatic carbocycles. The number of ether oxygens (including phenoxy) is 1. The van der Waals surface area contributed by atoms with Gasteiger partial charge in [-0.2, -0.15) is 0 Å². The monoisotopic (exact) mass is 278 g/mol. The van der Waals surface area contributed by atoms with Gasteiger partial charge in [0, 0.05) is 10.7 Å². The molecule has 0 atom stereocenters. The van der Waals surface area contributed by atoms with Crippen LogP contribution in [-0.2, 0) is 0 Å². The van der Waals surface area contributed by atoms with Crippen LogP contribution in [0.1, 0.15) is 11.4 Å². The Balaban J connectivity index is 2.30. The minimum absolute atomic E-state index is 0.554. The standard InChI is InChI=1S/C12H11BrN2O/c1-8-7-14-9(2)12(15-8)16-11-5-3-4-10(13)6-11/h3-7H,1-2H3. The van der Waals surface area contributed by atoms with E-state index < -0.39 is 0 Å². The third-order valence-electron chi connectivity index (χ3n) is 2.04. The third-order valence-corrected chi connectivity index (χ3v) is 2.54. The van der Waals surface area contributed by atoms with Gasteiger partial charge in [0.25, 0.3) is 0 Å². The summed E-state index contributed by atoms with van der Waals surface area (Å²) in [4.78, 5) is 8.50. The molecule has 4 heteroatoms. The number of hydrogen-bond donors (Lipinski definition) is 0. The molecular weight excluding hydrogens is 268 g/mol. The molecule has 82 valence electrons. The molecule has 1 heterocycles. The summed E-state index contributed by atoms with van der Waals surface area (Å²) in [6.07, 6.45) is 1.73. The van der Waals surface area contributed by atoms with Gasteiger partial charge < -0.3 is 4.74 Å². The van der Waals surface area contributed by atoms with Crippen molar-refractivity contribution in [2.45, 2.75) is 13.8 Å². The molecule has 0 bridgehead atoms. The molecule has 0 aliphatic carbocycles. The van der Waals surface area contributed by atoms with E-state index in [4.69, 9.17) is 4.74 Å². The number of nitrogens with zero attached hydrogens (tertiary/aromatic N) is 2. The molecule has 0 radical (unpaired) electrons. The zero-order valence-electron chi connectivity index (χ0n) is 9.07. The number of rotatable bonds is 2. The normalized spacial score (nSPS) is 10.2. The Kier molecular flexibility index (Phi) is 3.19. The maximum atomic E-state index is 5.67. The second kappa shape index (κ2) is 4.61. The van der Waals surface area contributed by atoms with Gasteiger partial charge in [-0.1, -0.05) is 22.0 Å². The van der Waals surface area contributed by atoms with E-state index in [9.17, 15) is 0 Å². The molecule has 0 saturated carbocycles. The Morgan fingerprint density at radius 1 is 1.25 bits per heavy atom. The van der Waals surface area contributed by atoms with Crippen LogP contribution in [0.5, 0.6) is 11.6 Å². The van der Waals surface area contributed by atoms with Crippen LogP contribution < -0.4 is 4.74 Å². The molecule has 0 aliphatic rings. The summed E-state index contributed by atoms with van der Waals surface area (Å²) >= 11 is 3.39. The summed E-state index contributed by atoms with van der Waals surface area (Å²) in [6, 6.07) is 7.64. The highest BCUT2D eigenvalue weighted by molar-refractivity contribution is 9.10. The maximum absolute atomic E-state index is 5.67. The van der Waals surface area contributed by atoms with Crippen LogP contribution in [0.3, 0.4) is 0 Å². The number of aryl methyl sites for hydroxylation is 2. The van der Waals surface area contributed by atoms with Gasteiger partial charge in [-0.05, 0) is 32.0 Å². The minimum atomic E-state index is 0.554. The lowest BCUT2D eigenvalue weighted by molar-refractivity contribution is 0.453. The summed E-state index contributed by atoms with van der Waals surface area (Å²) in [5.74, 6) is 1.30. The average molecular weight is 279 g/mol. The predicted molar refractivity (Wildman–Crippen MR) is 65.7 cm³/mol. The molecule has 0 N–H and O–H groups in total. The molecule has 3 nitrogen and oxygen atoms in total. The smallest absolute Gasteiger partial charge is 0.241 e. The number of hydrogen-bond acceptors (Lipinski definition) is 3. The second-order valence-electron chi connectivity index (χ2n) is 3.46. The molecule has 0 aliphatic heterocycles. The van der Waals surface area contributed by atoms with Crippen LogP contribution in [0.4, 0.5) is 0 Å². The fourth-order valence-corrected chi connectivity index (χ4v) is 1.63. The summed E-state index contributed by atoms with van der Waals surface area (Å²) in [5, 5.41) is 0. The summed E-state index contributed by atoms with van der Waals surface area (Å²) in [5.41, 5.74) is 1.63. The molecule has 2 rings (SSSR count). The molecule has 0 spiro atoms. The molecule has 0 unspecified atom stereocenters. The Morgan fingerprint density at radius 2 is 2.06 bits per heavy atom. The average Bonchev–Trinajstić information content (AvgIpc) is 2.24. The zero-order valence-corrected chi connectivity index (χ0v) is 10.7. The Hall–Kier alpha value is -1.42. The van der Waals surface area contributed by atoms with Crippen molar-refractivity contribution >= 4 is 15.9 Å². The topological polar surface area (TPSA) is 35.0 Å². The first-order chi connectivity index (χ1) is 7.65. The number of benzene rings is 1. The van der Waals surface area contributed by atoms with Crippen LogP contribution in [0.2, 0.25) is 0 Å². The van der Waals surface area contributed by atoms with E-state index in [-0.39, 0.29) is 0 Å². The highest BCUT2D eigenvalue weighted by Crippen LogP contribution is 2.24. The molecular formula is C12H11BrN2O. The number of halogens is 1. The van der Waals surface area contributed by atoms with Gasteiger partial charge >= 0.3 is 0 Å². The van der Waals surface area contributed by atoms with Gasteiger partial charge in [0.2, 0.25) is 5.88 Å².